The van der Waals surface area contributed by atoms with Crippen LogP contribution in [0.3, 0.4) is 0 Å². The van der Waals surface area contributed by atoms with Gasteiger partial charge in [0.15, 0.2) is 5.78 Å². The number of rotatable bonds is 7. The molecule has 38 heavy (non-hydrogen) atoms. The zero-order valence-corrected chi connectivity index (χ0v) is 21.0. The topological polar surface area (TPSA) is 50.8 Å². The minimum Gasteiger partial charge on any atom is -0.382 e. The summed E-state index contributed by atoms with van der Waals surface area (Å²) in [6, 6.07) is 8.36. The van der Waals surface area contributed by atoms with Crippen molar-refractivity contribution in [3.63, 3.8) is 0 Å². The van der Waals surface area contributed by atoms with Crippen molar-refractivity contribution < 1.29 is 40.6 Å². The van der Waals surface area contributed by atoms with Crippen LogP contribution in [0.4, 0.5) is 32.0 Å². The van der Waals surface area contributed by atoms with E-state index in [9.17, 15) is 31.1 Å². The van der Waals surface area contributed by atoms with Crippen LogP contribution in [0.15, 0.2) is 58.5 Å². The third-order valence-corrected chi connectivity index (χ3v) is 7.19. The quantitative estimate of drug-likeness (QED) is 0.237. The van der Waals surface area contributed by atoms with Gasteiger partial charge in [0.1, 0.15) is 0 Å². The van der Waals surface area contributed by atoms with Crippen LogP contribution in [0.2, 0.25) is 0 Å². The van der Waals surface area contributed by atoms with Gasteiger partial charge in [-0.3, -0.25) is 4.79 Å². The van der Waals surface area contributed by atoms with E-state index in [1.807, 2.05) is 0 Å². The summed E-state index contributed by atoms with van der Waals surface area (Å²) in [5.74, 6) is -1.16. The van der Waals surface area contributed by atoms with Gasteiger partial charge in [-0.05, 0) is 43.2 Å². The maximum atomic E-state index is 14.2. The van der Waals surface area contributed by atoms with Crippen LogP contribution >= 0.6 is 11.8 Å². The number of carbonyl (C=O) groups excluding carboxylic acids is 1. The number of benzene rings is 2. The molecule has 206 valence electrons. The molecule has 0 atom stereocenters. The molecule has 4 rings (SSSR count). The lowest BCUT2D eigenvalue weighted by molar-refractivity contribution is -0.163. The van der Waals surface area contributed by atoms with Crippen molar-refractivity contribution in [3.05, 3.63) is 65.4 Å². The first-order chi connectivity index (χ1) is 18.0. The minimum absolute atomic E-state index is 0.127. The van der Waals surface area contributed by atoms with Gasteiger partial charge in [-0.15, -0.1) is 0 Å². The molecule has 0 bridgehead atoms. The molecule has 5 nitrogen and oxygen atoms in total. The van der Waals surface area contributed by atoms with Crippen molar-refractivity contribution in [2.75, 3.05) is 44.8 Å². The molecule has 2 fully saturated rings. The SMILES string of the molecule is O=C(C=CN1CCOCC1)c1ccc(Sc2cccc(NC3CCOCC3)c2)c(C(F)(F)F)c1C(F)(F)F. The summed E-state index contributed by atoms with van der Waals surface area (Å²) in [6.45, 7) is 2.77. The van der Waals surface area contributed by atoms with Gasteiger partial charge in [-0.25, -0.2) is 0 Å². The highest BCUT2D eigenvalue weighted by atomic mass is 32.2. The summed E-state index contributed by atoms with van der Waals surface area (Å²) < 4.78 is 95.3. The fourth-order valence-corrected chi connectivity index (χ4v) is 5.34. The van der Waals surface area contributed by atoms with E-state index in [-0.39, 0.29) is 6.04 Å². The molecule has 0 aliphatic carbocycles. The van der Waals surface area contributed by atoms with Gasteiger partial charge in [-0.1, -0.05) is 17.8 Å². The second-order valence-corrected chi connectivity index (χ2v) is 9.96. The number of alkyl halides is 6. The Kier molecular flexibility index (Phi) is 8.94. The van der Waals surface area contributed by atoms with Gasteiger partial charge in [0.25, 0.3) is 0 Å². The minimum atomic E-state index is -5.41. The lowest BCUT2D eigenvalue weighted by Crippen LogP contribution is -2.32. The molecular formula is C26H26F6N2O3S. The van der Waals surface area contributed by atoms with Gasteiger partial charge in [0.2, 0.25) is 0 Å². The zero-order chi connectivity index (χ0) is 27.3. The fourth-order valence-electron chi connectivity index (χ4n) is 4.29. The molecule has 2 heterocycles. The van der Waals surface area contributed by atoms with Crippen molar-refractivity contribution >= 4 is 23.2 Å². The number of anilines is 1. The largest absolute Gasteiger partial charge is 0.418 e. The summed E-state index contributed by atoms with van der Waals surface area (Å²) in [5.41, 5.74) is -4.26. The number of nitrogens with zero attached hydrogens (tertiary/aromatic N) is 1. The Morgan fingerprint density at radius 1 is 0.921 bits per heavy atom. The van der Waals surface area contributed by atoms with E-state index in [0.29, 0.717) is 61.9 Å². The van der Waals surface area contributed by atoms with Gasteiger partial charge >= 0.3 is 12.4 Å². The maximum Gasteiger partial charge on any atom is 0.418 e. The second-order valence-electron chi connectivity index (χ2n) is 8.85. The number of allylic oxidation sites excluding steroid dienone is 1. The number of carbonyl (C=O) groups is 1. The molecule has 12 heteroatoms. The van der Waals surface area contributed by atoms with Crippen molar-refractivity contribution in [2.24, 2.45) is 0 Å². The Morgan fingerprint density at radius 2 is 1.58 bits per heavy atom. The second kappa shape index (κ2) is 12.0. The van der Waals surface area contributed by atoms with Gasteiger partial charge < -0.3 is 19.7 Å². The standard InChI is InChI=1S/C26H26F6N2O3S/c27-25(28,29)23-20(21(35)6-9-34-10-14-37-15-11-34)4-5-22(24(23)26(30,31)32)38-19-3-1-2-18(16-19)33-17-7-12-36-13-8-17/h1-6,9,16-17,33H,7-8,10-15H2. The van der Waals surface area contributed by atoms with Gasteiger partial charge in [-0.2, -0.15) is 26.3 Å². The van der Waals surface area contributed by atoms with E-state index in [0.717, 1.165) is 31.1 Å². The number of halogens is 6. The monoisotopic (exact) mass is 560 g/mol. The molecule has 0 radical (unpaired) electrons. The molecular weight excluding hydrogens is 534 g/mol. The molecule has 2 aliphatic rings. The predicted octanol–water partition coefficient (Wildman–Crippen LogP) is 6.49. The molecule has 0 aromatic heterocycles. The lowest BCUT2D eigenvalue weighted by atomic mass is 9.96. The van der Waals surface area contributed by atoms with Crippen LogP contribution in [0.5, 0.6) is 0 Å². The number of hydrogen-bond donors (Lipinski definition) is 1. The number of ketones is 1. The average Bonchev–Trinajstić information content (AvgIpc) is 2.87. The Bertz CT molecular complexity index is 1160. The van der Waals surface area contributed by atoms with Gasteiger partial charge in [0, 0.05) is 65.7 Å². The smallest absolute Gasteiger partial charge is 0.382 e. The molecule has 2 aromatic rings. The number of ether oxygens (including phenoxy) is 2. The van der Waals surface area contributed by atoms with E-state index >= 15 is 0 Å². The molecule has 2 saturated heterocycles. The first-order valence-corrected chi connectivity index (χ1v) is 12.8. The summed E-state index contributed by atoms with van der Waals surface area (Å²) in [7, 11) is 0. The Labute approximate surface area is 220 Å². The van der Waals surface area contributed by atoms with Crippen molar-refractivity contribution in [2.45, 2.75) is 41.0 Å². The first-order valence-electron chi connectivity index (χ1n) is 12.0. The highest BCUT2D eigenvalue weighted by Gasteiger charge is 2.47. The maximum absolute atomic E-state index is 14.2. The third kappa shape index (κ3) is 7.23. The highest BCUT2D eigenvalue weighted by Crippen LogP contribution is 2.48. The zero-order valence-electron chi connectivity index (χ0n) is 20.2. The fraction of sp³-hybridized carbons (Fsp3) is 0.423. The summed E-state index contributed by atoms with van der Waals surface area (Å²) in [5, 5.41) is 3.29. The van der Waals surface area contributed by atoms with E-state index in [1.54, 1.807) is 23.1 Å². The van der Waals surface area contributed by atoms with Crippen LogP contribution in [-0.4, -0.2) is 56.2 Å². The van der Waals surface area contributed by atoms with Crippen molar-refractivity contribution in [1.29, 1.82) is 0 Å². The Morgan fingerprint density at radius 3 is 2.24 bits per heavy atom. The Balaban J connectivity index is 1.67. The predicted molar refractivity (Wildman–Crippen MR) is 130 cm³/mol. The normalized spacial score (nSPS) is 17.7. The molecule has 2 aromatic carbocycles. The van der Waals surface area contributed by atoms with Crippen LogP contribution in [-0.2, 0) is 21.8 Å². The van der Waals surface area contributed by atoms with Crippen LogP contribution in [0.25, 0.3) is 0 Å². The first kappa shape index (κ1) is 28.3. The van der Waals surface area contributed by atoms with Crippen molar-refractivity contribution in [1.82, 2.24) is 4.90 Å². The third-order valence-electron chi connectivity index (χ3n) is 6.14. The van der Waals surface area contributed by atoms with Crippen LogP contribution < -0.4 is 5.32 Å². The number of hydrogen-bond acceptors (Lipinski definition) is 6. The molecule has 1 N–H and O–H groups in total. The van der Waals surface area contributed by atoms with E-state index in [2.05, 4.69) is 5.32 Å². The van der Waals surface area contributed by atoms with Crippen LogP contribution in [0.1, 0.15) is 34.3 Å². The summed E-state index contributed by atoms with van der Waals surface area (Å²) >= 11 is 0.568. The molecule has 0 spiro atoms. The highest BCUT2D eigenvalue weighted by molar-refractivity contribution is 7.99. The van der Waals surface area contributed by atoms with E-state index in [4.69, 9.17) is 9.47 Å². The molecule has 0 saturated carbocycles. The van der Waals surface area contributed by atoms with E-state index < -0.39 is 39.7 Å². The van der Waals surface area contributed by atoms with Crippen LogP contribution in [0, 0.1) is 0 Å². The molecule has 0 unspecified atom stereocenters. The molecule has 0 amide bonds. The average molecular weight is 561 g/mol. The Hall–Kier alpha value is -2.70. The summed E-state index contributed by atoms with van der Waals surface area (Å²) in [6.07, 6.45) is -7.08. The lowest BCUT2D eigenvalue weighted by Gasteiger charge is -2.25. The summed E-state index contributed by atoms with van der Waals surface area (Å²) in [4.78, 5) is 14.0. The number of nitrogens with one attached hydrogen (secondary N) is 1. The number of morpholine rings is 1. The van der Waals surface area contributed by atoms with E-state index in [1.165, 1.54) is 12.3 Å². The van der Waals surface area contributed by atoms with Gasteiger partial charge in [0.05, 0.1) is 24.3 Å². The van der Waals surface area contributed by atoms with Crippen molar-refractivity contribution in [3.8, 4) is 0 Å². The molecule has 2 aliphatic heterocycles.